The minimum absolute atomic E-state index is 0.0172. The molecule has 1 saturated heterocycles. The van der Waals surface area contributed by atoms with Crippen molar-refractivity contribution in [2.75, 3.05) is 16.8 Å². The number of rotatable bonds is 3. The number of nitrogens with one attached hydrogen (secondary N) is 1. The molecule has 1 fully saturated rings. The fraction of sp³-hybridized carbons (Fsp3) is 0.529. The van der Waals surface area contributed by atoms with E-state index in [1.807, 2.05) is 32.0 Å². The molecule has 112 valence electrons. The number of hydrogen-bond acceptors (Lipinski definition) is 3. The van der Waals surface area contributed by atoms with Crippen LogP contribution in [0.3, 0.4) is 0 Å². The first-order chi connectivity index (χ1) is 10.1. The molecule has 0 unspecified atom stereocenters. The van der Waals surface area contributed by atoms with Crippen molar-refractivity contribution in [1.29, 1.82) is 0 Å². The molecule has 0 bridgehead atoms. The first kappa shape index (κ1) is 14.1. The molecule has 0 saturated carbocycles. The van der Waals surface area contributed by atoms with Crippen molar-refractivity contribution in [2.24, 2.45) is 5.41 Å². The summed E-state index contributed by atoms with van der Waals surface area (Å²) in [5.41, 5.74) is 2.46. The second-order valence-electron chi connectivity index (χ2n) is 6.03. The van der Waals surface area contributed by atoms with Crippen LogP contribution in [0.5, 0.6) is 0 Å². The van der Waals surface area contributed by atoms with E-state index in [9.17, 15) is 9.59 Å². The molecule has 1 N–H and O–H groups in total. The van der Waals surface area contributed by atoms with Gasteiger partial charge in [0.2, 0.25) is 11.8 Å². The highest BCUT2D eigenvalue weighted by Crippen LogP contribution is 2.43. The number of anilines is 2. The second-order valence-corrected chi connectivity index (χ2v) is 6.03. The highest BCUT2D eigenvalue weighted by molar-refractivity contribution is 6.23. The summed E-state index contributed by atoms with van der Waals surface area (Å²) < 4.78 is 0. The highest BCUT2D eigenvalue weighted by Gasteiger charge is 2.50. The lowest BCUT2D eigenvalue weighted by Crippen LogP contribution is -2.36. The largest absolute Gasteiger partial charge is 0.385 e. The summed E-state index contributed by atoms with van der Waals surface area (Å²) in [7, 11) is 0. The number of imide groups is 1. The molecule has 1 aromatic rings. The maximum atomic E-state index is 12.9. The Hall–Kier alpha value is -1.84. The summed E-state index contributed by atoms with van der Waals surface area (Å²) in [4.78, 5) is 26.8. The maximum Gasteiger partial charge on any atom is 0.240 e. The van der Waals surface area contributed by atoms with Crippen LogP contribution >= 0.6 is 0 Å². The summed E-state index contributed by atoms with van der Waals surface area (Å²) in [6.45, 7) is 4.95. The van der Waals surface area contributed by atoms with E-state index in [2.05, 4.69) is 5.32 Å². The molecule has 21 heavy (non-hydrogen) atoms. The Labute approximate surface area is 125 Å². The Morgan fingerprint density at radius 3 is 2.67 bits per heavy atom. The van der Waals surface area contributed by atoms with E-state index >= 15 is 0 Å². The van der Waals surface area contributed by atoms with E-state index in [0.29, 0.717) is 6.42 Å². The molecule has 4 nitrogen and oxygen atoms in total. The standard InChI is InChI=1S/C17H22N2O2/c1-3-17(4-2)11-15(20)19(16(17)21)14-9-5-8-13-12(14)7-6-10-18-13/h5,8-9,18H,3-4,6-7,10-11H2,1-2H3. The lowest BCUT2D eigenvalue weighted by atomic mass is 9.81. The highest BCUT2D eigenvalue weighted by atomic mass is 16.2. The van der Waals surface area contributed by atoms with Crippen molar-refractivity contribution < 1.29 is 9.59 Å². The normalized spacial score (nSPS) is 20.4. The molecular formula is C17H22N2O2. The first-order valence-electron chi connectivity index (χ1n) is 7.86. The molecule has 1 aromatic carbocycles. The van der Waals surface area contributed by atoms with E-state index < -0.39 is 5.41 Å². The van der Waals surface area contributed by atoms with Crippen molar-refractivity contribution in [3.05, 3.63) is 23.8 Å². The molecule has 2 heterocycles. The molecule has 2 aliphatic heterocycles. The SMILES string of the molecule is CCC1(CC)CC(=O)N(c2cccc3c2CCCN3)C1=O. The summed E-state index contributed by atoms with van der Waals surface area (Å²) >= 11 is 0. The predicted molar refractivity (Wildman–Crippen MR) is 83.4 cm³/mol. The molecular weight excluding hydrogens is 264 g/mol. The summed E-state index contributed by atoms with van der Waals surface area (Å²) in [5, 5.41) is 3.36. The zero-order valence-corrected chi connectivity index (χ0v) is 12.7. The Morgan fingerprint density at radius 2 is 2.00 bits per heavy atom. The van der Waals surface area contributed by atoms with Gasteiger partial charge in [-0.2, -0.15) is 0 Å². The fourth-order valence-electron chi connectivity index (χ4n) is 3.54. The van der Waals surface area contributed by atoms with Gasteiger partial charge in [0.1, 0.15) is 0 Å². The van der Waals surface area contributed by atoms with E-state index in [1.165, 1.54) is 4.90 Å². The number of nitrogens with zero attached hydrogens (tertiary/aromatic N) is 1. The zero-order valence-electron chi connectivity index (χ0n) is 12.7. The molecule has 3 rings (SSSR count). The predicted octanol–water partition coefficient (Wildman–Crippen LogP) is 3.11. The van der Waals surface area contributed by atoms with Gasteiger partial charge >= 0.3 is 0 Å². The smallest absolute Gasteiger partial charge is 0.240 e. The van der Waals surface area contributed by atoms with Crippen molar-refractivity contribution in [3.8, 4) is 0 Å². The third-order valence-corrected chi connectivity index (χ3v) is 5.06. The lowest BCUT2D eigenvalue weighted by Gasteiger charge is -2.27. The van der Waals surface area contributed by atoms with Gasteiger partial charge in [-0.05, 0) is 43.4 Å². The molecule has 0 atom stereocenters. The Bertz CT molecular complexity index is 590. The molecule has 0 aromatic heterocycles. The molecule has 0 radical (unpaired) electrons. The third-order valence-electron chi connectivity index (χ3n) is 5.06. The van der Waals surface area contributed by atoms with Gasteiger partial charge in [-0.25, -0.2) is 4.90 Å². The monoisotopic (exact) mass is 286 g/mol. The van der Waals surface area contributed by atoms with Crippen LogP contribution in [0.2, 0.25) is 0 Å². The molecule has 2 amide bonds. The number of fused-ring (bicyclic) bond motifs is 1. The first-order valence-corrected chi connectivity index (χ1v) is 7.86. The number of benzene rings is 1. The Balaban J connectivity index is 2.05. The number of carbonyl (C=O) groups excluding carboxylic acids is 2. The lowest BCUT2D eigenvalue weighted by molar-refractivity contribution is -0.126. The summed E-state index contributed by atoms with van der Waals surface area (Å²) in [6, 6.07) is 5.85. The topological polar surface area (TPSA) is 49.4 Å². The average Bonchev–Trinajstić information content (AvgIpc) is 2.78. The quantitative estimate of drug-likeness (QED) is 0.869. The van der Waals surface area contributed by atoms with E-state index in [4.69, 9.17) is 0 Å². The van der Waals surface area contributed by atoms with Gasteiger partial charge in [-0.1, -0.05) is 19.9 Å². The van der Waals surface area contributed by atoms with E-state index in [-0.39, 0.29) is 11.8 Å². The number of hydrogen-bond donors (Lipinski definition) is 1. The van der Waals surface area contributed by atoms with Gasteiger partial charge in [-0.3, -0.25) is 9.59 Å². The number of carbonyl (C=O) groups is 2. The van der Waals surface area contributed by atoms with Crippen molar-refractivity contribution in [1.82, 2.24) is 0 Å². The van der Waals surface area contributed by atoms with Crippen molar-refractivity contribution in [3.63, 3.8) is 0 Å². The van der Waals surface area contributed by atoms with E-state index in [1.54, 1.807) is 0 Å². The van der Waals surface area contributed by atoms with Gasteiger partial charge in [-0.15, -0.1) is 0 Å². The van der Waals surface area contributed by atoms with Gasteiger partial charge in [0.15, 0.2) is 0 Å². The maximum absolute atomic E-state index is 12.9. The Kier molecular flexibility index (Phi) is 3.47. The molecule has 0 spiro atoms. The van der Waals surface area contributed by atoms with Crippen LogP contribution in [-0.2, 0) is 16.0 Å². The minimum atomic E-state index is -0.498. The van der Waals surface area contributed by atoms with Gasteiger partial charge < -0.3 is 5.32 Å². The van der Waals surface area contributed by atoms with Crippen LogP contribution < -0.4 is 10.2 Å². The summed E-state index contributed by atoms with van der Waals surface area (Å²) in [5.74, 6) is -0.0702. The van der Waals surface area contributed by atoms with Crippen LogP contribution in [0.4, 0.5) is 11.4 Å². The van der Waals surface area contributed by atoms with Crippen LogP contribution in [-0.4, -0.2) is 18.4 Å². The van der Waals surface area contributed by atoms with Crippen LogP contribution in [0.1, 0.15) is 45.1 Å². The van der Waals surface area contributed by atoms with Gasteiger partial charge in [0.05, 0.1) is 11.1 Å². The van der Waals surface area contributed by atoms with Crippen molar-refractivity contribution >= 4 is 23.2 Å². The van der Waals surface area contributed by atoms with E-state index in [0.717, 1.165) is 49.2 Å². The van der Waals surface area contributed by atoms with Gasteiger partial charge in [0.25, 0.3) is 0 Å². The number of amides is 2. The fourth-order valence-corrected chi connectivity index (χ4v) is 3.54. The third kappa shape index (κ3) is 2.04. The molecule has 2 aliphatic rings. The van der Waals surface area contributed by atoms with Crippen LogP contribution in [0.25, 0.3) is 0 Å². The van der Waals surface area contributed by atoms with Crippen molar-refractivity contribution in [2.45, 2.75) is 46.0 Å². The minimum Gasteiger partial charge on any atom is -0.385 e. The Morgan fingerprint density at radius 1 is 1.24 bits per heavy atom. The van der Waals surface area contributed by atoms with Crippen LogP contribution in [0.15, 0.2) is 18.2 Å². The second kappa shape index (κ2) is 5.17. The van der Waals surface area contributed by atoms with Gasteiger partial charge in [0, 0.05) is 18.7 Å². The molecule has 4 heteroatoms. The zero-order chi connectivity index (χ0) is 15.0. The molecule has 0 aliphatic carbocycles. The average molecular weight is 286 g/mol. The van der Waals surface area contributed by atoms with Crippen LogP contribution in [0, 0.1) is 5.41 Å². The summed E-state index contributed by atoms with van der Waals surface area (Å²) in [6.07, 6.45) is 3.74.